The second-order valence-electron chi connectivity index (χ2n) is 9.72. The number of methoxy groups -OCH3 is 1. The van der Waals surface area contributed by atoms with Gasteiger partial charge in [0, 0.05) is 50.5 Å². The second-order valence-corrected chi connectivity index (χ2v) is 9.72. The lowest BCUT2D eigenvalue weighted by Gasteiger charge is -2.33. The first kappa shape index (κ1) is 26.2. The summed E-state index contributed by atoms with van der Waals surface area (Å²) in [5.41, 5.74) is 4.65. The smallest absolute Gasteiger partial charge is 0.161 e. The molecule has 2 aromatic heterocycles. The molecular weight excluding hydrogens is 458 g/mol. The van der Waals surface area contributed by atoms with Crippen LogP contribution in [0.2, 0.25) is 0 Å². The number of fused-ring (bicyclic) bond motifs is 1. The van der Waals surface area contributed by atoms with Crippen molar-refractivity contribution in [3.8, 4) is 22.8 Å². The number of anilines is 1. The van der Waals surface area contributed by atoms with Crippen molar-refractivity contribution in [2.75, 3.05) is 52.5 Å². The minimum absolute atomic E-state index is 0.169. The van der Waals surface area contributed by atoms with Crippen LogP contribution in [-0.2, 0) is 4.74 Å². The molecule has 3 aromatic rings. The van der Waals surface area contributed by atoms with Crippen molar-refractivity contribution in [1.82, 2.24) is 20.1 Å². The van der Waals surface area contributed by atoms with E-state index >= 15 is 0 Å². The topological polar surface area (TPSA) is 93.9 Å². The van der Waals surface area contributed by atoms with Crippen LogP contribution >= 0.6 is 0 Å². The maximum Gasteiger partial charge on any atom is 0.161 e. The fourth-order valence-electron chi connectivity index (χ4n) is 4.75. The first-order chi connectivity index (χ1) is 17.3. The number of nitrogens with one attached hydrogen (secondary N) is 1. The Kier molecular flexibility index (Phi) is 8.33. The van der Waals surface area contributed by atoms with Gasteiger partial charge in [-0.15, -0.1) is 0 Å². The molecule has 1 aliphatic heterocycles. The molecule has 196 valence electrons. The van der Waals surface area contributed by atoms with Crippen molar-refractivity contribution < 1.29 is 19.3 Å². The molecule has 1 aromatic carbocycles. The lowest BCUT2D eigenvalue weighted by atomic mass is 10.0. The molecule has 2 N–H and O–H groups in total. The molecule has 9 heteroatoms. The molecule has 0 radical (unpaired) electrons. The fourth-order valence-corrected chi connectivity index (χ4v) is 4.75. The van der Waals surface area contributed by atoms with E-state index in [4.69, 9.17) is 24.3 Å². The van der Waals surface area contributed by atoms with Crippen LogP contribution in [-0.4, -0.2) is 79.6 Å². The highest BCUT2D eigenvalue weighted by Crippen LogP contribution is 2.37. The Balaban J connectivity index is 1.82. The summed E-state index contributed by atoms with van der Waals surface area (Å²) < 4.78 is 19.1. The number of aryl methyl sites for hydroxylation is 1. The third-order valence-corrected chi connectivity index (χ3v) is 6.72. The summed E-state index contributed by atoms with van der Waals surface area (Å²) in [6.07, 6.45) is 1.36. The number of likely N-dealkylation sites (N-methyl/N-ethyl adjacent to an activating group) is 1. The van der Waals surface area contributed by atoms with E-state index in [9.17, 15) is 5.11 Å². The van der Waals surface area contributed by atoms with Gasteiger partial charge in [-0.2, -0.15) is 5.10 Å². The quantitative estimate of drug-likeness (QED) is 0.439. The average molecular weight is 498 g/mol. The summed E-state index contributed by atoms with van der Waals surface area (Å²) >= 11 is 0. The molecule has 1 aliphatic rings. The van der Waals surface area contributed by atoms with Gasteiger partial charge in [-0.25, -0.2) is 9.67 Å². The van der Waals surface area contributed by atoms with E-state index in [1.54, 1.807) is 14.2 Å². The first-order valence-corrected chi connectivity index (χ1v) is 12.7. The van der Waals surface area contributed by atoms with E-state index in [0.29, 0.717) is 24.1 Å². The summed E-state index contributed by atoms with van der Waals surface area (Å²) in [6, 6.07) is 8.44. The maximum atomic E-state index is 10.1. The van der Waals surface area contributed by atoms with Crippen LogP contribution in [0, 0.1) is 6.92 Å². The van der Waals surface area contributed by atoms with Gasteiger partial charge in [0.05, 0.1) is 29.6 Å². The van der Waals surface area contributed by atoms with Crippen molar-refractivity contribution in [1.29, 1.82) is 0 Å². The Hall–Kier alpha value is -2.88. The van der Waals surface area contributed by atoms with Crippen LogP contribution in [0.15, 0.2) is 24.3 Å². The Morgan fingerprint density at radius 3 is 2.58 bits per heavy atom. The van der Waals surface area contributed by atoms with Gasteiger partial charge < -0.3 is 29.5 Å². The Morgan fingerprint density at radius 1 is 1.19 bits per heavy atom. The van der Waals surface area contributed by atoms with Crippen LogP contribution in [0.1, 0.15) is 38.4 Å². The third kappa shape index (κ3) is 5.58. The summed E-state index contributed by atoms with van der Waals surface area (Å²) in [4.78, 5) is 7.46. The molecule has 1 fully saturated rings. The number of aliphatic hydroxyl groups is 1. The Morgan fingerprint density at radius 2 is 1.92 bits per heavy atom. The molecule has 0 saturated carbocycles. The number of hydrogen-bond acceptors (Lipinski definition) is 8. The number of benzene rings is 1. The number of aliphatic hydroxyl groups excluding tert-OH is 1. The molecule has 1 atom stereocenters. The second kappa shape index (κ2) is 11.5. The number of nitrogens with zero attached hydrogens (tertiary/aromatic N) is 4. The van der Waals surface area contributed by atoms with E-state index in [2.05, 4.69) is 44.1 Å². The van der Waals surface area contributed by atoms with Gasteiger partial charge in [0.25, 0.3) is 0 Å². The SMILES string of the molecule is CNCC(O)COc1cc(OC)cc(-c2cc(N(C)C3CCOCC3)c3c(C)nn(C(C)C)c3n2)c1. The fraction of sp³-hybridized carbons (Fsp3) is 0.556. The highest BCUT2D eigenvalue weighted by atomic mass is 16.5. The van der Waals surface area contributed by atoms with Crippen molar-refractivity contribution in [2.45, 2.75) is 51.8 Å². The van der Waals surface area contributed by atoms with Crippen molar-refractivity contribution in [3.63, 3.8) is 0 Å². The van der Waals surface area contributed by atoms with Gasteiger partial charge in [0.2, 0.25) is 0 Å². The number of rotatable bonds is 10. The first-order valence-electron chi connectivity index (χ1n) is 12.7. The predicted molar refractivity (Wildman–Crippen MR) is 142 cm³/mol. The summed E-state index contributed by atoms with van der Waals surface area (Å²) in [5, 5.41) is 19.0. The summed E-state index contributed by atoms with van der Waals surface area (Å²) in [5.74, 6) is 1.29. The average Bonchev–Trinajstić information content (AvgIpc) is 3.23. The van der Waals surface area contributed by atoms with Crippen LogP contribution < -0.4 is 19.7 Å². The molecule has 1 unspecified atom stereocenters. The molecular formula is C27H39N5O4. The van der Waals surface area contributed by atoms with Gasteiger partial charge in [0.15, 0.2) is 5.65 Å². The lowest BCUT2D eigenvalue weighted by Crippen LogP contribution is -2.36. The van der Waals surface area contributed by atoms with Gasteiger partial charge >= 0.3 is 0 Å². The van der Waals surface area contributed by atoms with Crippen LogP contribution in [0.3, 0.4) is 0 Å². The maximum absolute atomic E-state index is 10.1. The van der Waals surface area contributed by atoms with E-state index in [1.165, 1.54) is 0 Å². The third-order valence-electron chi connectivity index (χ3n) is 6.72. The lowest BCUT2D eigenvalue weighted by molar-refractivity contribution is 0.0855. The van der Waals surface area contributed by atoms with Crippen LogP contribution in [0.5, 0.6) is 11.5 Å². The Labute approximate surface area is 213 Å². The largest absolute Gasteiger partial charge is 0.497 e. The molecule has 3 heterocycles. The number of ether oxygens (including phenoxy) is 3. The van der Waals surface area contributed by atoms with Gasteiger partial charge in [0.1, 0.15) is 24.2 Å². The molecule has 4 rings (SSSR count). The predicted octanol–water partition coefficient (Wildman–Crippen LogP) is 3.57. The molecule has 0 bridgehead atoms. The minimum atomic E-state index is -0.609. The number of aromatic nitrogens is 3. The zero-order chi connectivity index (χ0) is 25.8. The van der Waals surface area contributed by atoms with Crippen LogP contribution in [0.25, 0.3) is 22.3 Å². The van der Waals surface area contributed by atoms with Crippen molar-refractivity contribution in [2.24, 2.45) is 0 Å². The van der Waals surface area contributed by atoms with E-state index in [-0.39, 0.29) is 12.6 Å². The van der Waals surface area contributed by atoms with E-state index in [0.717, 1.165) is 59.7 Å². The highest BCUT2D eigenvalue weighted by molar-refractivity contribution is 5.95. The number of pyridine rings is 1. The van der Waals surface area contributed by atoms with E-state index < -0.39 is 6.10 Å². The number of hydrogen-bond donors (Lipinski definition) is 2. The van der Waals surface area contributed by atoms with Gasteiger partial charge in [-0.1, -0.05) is 0 Å². The zero-order valence-corrected chi connectivity index (χ0v) is 22.2. The molecule has 0 amide bonds. The van der Waals surface area contributed by atoms with Gasteiger partial charge in [-0.05, 0) is 58.9 Å². The molecule has 1 saturated heterocycles. The molecule has 0 aliphatic carbocycles. The Bertz CT molecular complexity index is 1170. The molecule has 9 nitrogen and oxygen atoms in total. The summed E-state index contributed by atoms with van der Waals surface area (Å²) in [7, 11) is 5.59. The van der Waals surface area contributed by atoms with E-state index in [1.807, 2.05) is 22.9 Å². The molecule has 0 spiro atoms. The van der Waals surface area contributed by atoms with Crippen molar-refractivity contribution >= 4 is 16.7 Å². The van der Waals surface area contributed by atoms with Gasteiger partial charge in [-0.3, -0.25) is 0 Å². The highest BCUT2D eigenvalue weighted by Gasteiger charge is 2.25. The monoisotopic (exact) mass is 497 g/mol. The normalized spacial score (nSPS) is 15.4. The minimum Gasteiger partial charge on any atom is -0.497 e. The standard InChI is InChI=1S/C27H39N5O4/c1-17(2)32-27-26(18(3)30-32)25(31(5)20-7-9-35-10-8-20)14-24(29-27)19-11-22(34-6)13-23(12-19)36-16-21(33)15-28-4/h11-14,17,20-21,28,33H,7-10,15-16H2,1-6H3. The zero-order valence-electron chi connectivity index (χ0n) is 22.2. The molecule has 36 heavy (non-hydrogen) atoms. The summed E-state index contributed by atoms with van der Waals surface area (Å²) in [6.45, 7) is 8.48. The van der Waals surface area contributed by atoms with Crippen LogP contribution in [0.4, 0.5) is 5.69 Å². The van der Waals surface area contributed by atoms with Crippen molar-refractivity contribution in [3.05, 3.63) is 30.0 Å².